The van der Waals surface area contributed by atoms with Gasteiger partial charge in [-0.05, 0) is 30.5 Å². The van der Waals surface area contributed by atoms with Gasteiger partial charge in [0.2, 0.25) is 0 Å². The molecule has 84 valence electrons. The van der Waals surface area contributed by atoms with Crippen molar-refractivity contribution in [3.05, 3.63) is 45.1 Å². The molecule has 0 aliphatic rings. The van der Waals surface area contributed by atoms with Crippen molar-refractivity contribution >= 4 is 33.5 Å². The van der Waals surface area contributed by atoms with Crippen molar-refractivity contribution in [2.45, 2.75) is 12.8 Å². The van der Waals surface area contributed by atoms with E-state index in [0.717, 1.165) is 23.0 Å². The Morgan fingerprint density at radius 2 is 2.19 bits per heavy atom. The number of halogens is 2. The molecular weight excluding hydrogens is 289 g/mol. The van der Waals surface area contributed by atoms with Crippen molar-refractivity contribution in [3.63, 3.8) is 0 Å². The average Bonchev–Trinajstić information content (AvgIpc) is 2.54. The van der Waals surface area contributed by atoms with Crippen LogP contribution in [0.3, 0.4) is 0 Å². The number of nitrogens with zero attached hydrogens (tertiary/aromatic N) is 1. The molecular formula is C11H11BrClN3. The summed E-state index contributed by atoms with van der Waals surface area (Å²) in [6, 6.07) is 8.19. The van der Waals surface area contributed by atoms with Crippen molar-refractivity contribution in [1.29, 1.82) is 0 Å². The quantitative estimate of drug-likeness (QED) is 0.914. The summed E-state index contributed by atoms with van der Waals surface area (Å²) in [5.41, 5.74) is 7.65. The summed E-state index contributed by atoms with van der Waals surface area (Å²) in [5, 5.41) is 0.465. The molecule has 2 aromatic rings. The summed E-state index contributed by atoms with van der Waals surface area (Å²) < 4.78 is 1.08. The van der Waals surface area contributed by atoms with E-state index in [1.54, 1.807) is 0 Å². The first-order chi connectivity index (χ1) is 7.65. The highest BCUT2D eigenvalue weighted by molar-refractivity contribution is 9.10. The van der Waals surface area contributed by atoms with Crippen LogP contribution in [0.25, 0.3) is 0 Å². The van der Waals surface area contributed by atoms with Crippen molar-refractivity contribution in [3.8, 4) is 0 Å². The number of nitrogens with one attached hydrogen (secondary N) is 1. The van der Waals surface area contributed by atoms with E-state index in [1.807, 2.05) is 12.1 Å². The zero-order chi connectivity index (χ0) is 11.5. The van der Waals surface area contributed by atoms with Crippen LogP contribution in [0, 0.1) is 0 Å². The maximum atomic E-state index is 5.91. The van der Waals surface area contributed by atoms with Crippen molar-refractivity contribution in [2.75, 3.05) is 5.73 Å². The largest absolute Gasteiger partial charge is 0.369 e. The first kappa shape index (κ1) is 11.5. The van der Waals surface area contributed by atoms with E-state index in [-0.39, 0.29) is 0 Å². The van der Waals surface area contributed by atoms with Gasteiger partial charge in [0.1, 0.15) is 0 Å². The molecule has 0 amide bonds. The van der Waals surface area contributed by atoms with Crippen LogP contribution in [0.4, 0.5) is 5.95 Å². The van der Waals surface area contributed by atoms with Crippen LogP contribution in [0.5, 0.6) is 0 Å². The van der Waals surface area contributed by atoms with Gasteiger partial charge in [-0.15, -0.1) is 0 Å². The third-order valence-corrected chi connectivity index (χ3v) is 3.11. The minimum atomic E-state index is 0.370. The monoisotopic (exact) mass is 299 g/mol. The molecule has 0 saturated carbocycles. The summed E-state index contributed by atoms with van der Waals surface area (Å²) in [6.45, 7) is 0. The molecule has 0 spiro atoms. The molecule has 3 N–H and O–H groups in total. The fourth-order valence-corrected chi connectivity index (χ4v) is 2.21. The van der Waals surface area contributed by atoms with E-state index in [4.69, 9.17) is 17.3 Å². The number of aromatic nitrogens is 2. The first-order valence-electron chi connectivity index (χ1n) is 4.89. The Morgan fingerprint density at radius 1 is 1.38 bits per heavy atom. The van der Waals surface area contributed by atoms with Crippen molar-refractivity contribution < 1.29 is 0 Å². The minimum absolute atomic E-state index is 0.370. The van der Waals surface area contributed by atoms with Crippen LogP contribution in [-0.2, 0) is 12.8 Å². The van der Waals surface area contributed by atoms with Gasteiger partial charge in [0.05, 0.1) is 5.69 Å². The predicted octanol–water partition coefficient (Wildman–Crippen LogP) is 3.19. The average molecular weight is 301 g/mol. The highest BCUT2D eigenvalue weighted by Gasteiger charge is 2.06. The molecule has 16 heavy (non-hydrogen) atoms. The molecule has 0 radical (unpaired) electrons. The Kier molecular flexibility index (Phi) is 3.51. The highest BCUT2D eigenvalue weighted by Crippen LogP contribution is 2.17. The van der Waals surface area contributed by atoms with Crippen LogP contribution >= 0.6 is 27.5 Å². The van der Waals surface area contributed by atoms with Gasteiger partial charge < -0.3 is 10.7 Å². The zero-order valence-electron chi connectivity index (χ0n) is 8.50. The molecule has 0 atom stereocenters. The Hall–Kier alpha value is -1.00. The van der Waals surface area contributed by atoms with Gasteiger partial charge in [0.15, 0.2) is 11.1 Å². The number of H-pyrrole nitrogens is 1. The molecule has 1 aromatic heterocycles. The summed E-state index contributed by atoms with van der Waals surface area (Å²) >= 11 is 9.35. The number of aryl methyl sites for hydroxylation is 2. The summed E-state index contributed by atoms with van der Waals surface area (Å²) in [5.74, 6) is 0.370. The molecule has 0 bridgehead atoms. The molecule has 0 unspecified atom stereocenters. The fourth-order valence-electron chi connectivity index (χ4n) is 1.53. The Morgan fingerprint density at radius 3 is 2.81 bits per heavy atom. The normalized spacial score (nSPS) is 10.6. The Bertz CT molecular complexity index is 496. The summed E-state index contributed by atoms with van der Waals surface area (Å²) in [6.07, 6.45) is 1.71. The lowest BCUT2D eigenvalue weighted by molar-refractivity contribution is 0.926. The van der Waals surface area contributed by atoms with Crippen LogP contribution in [0.15, 0.2) is 28.7 Å². The lowest BCUT2D eigenvalue weighted by atomic mass is 10.1. The maximum Gasteiger partial charge on any atom is 0.199 e. The van der Waals surface area contributed by atoms with E-state index in [9.17, 15) is 0 Å². The SMILES string of the molecule is Nc1nc(Cl)c(CCc2cccc(Br)c2)[nH]1. The van der Waals surface area contributed by atoms with E-state index < -0.39 is 0 Å². The van der Waals surface area contributed by atoms with Crippen molar-refractivity contribution in [2.24, 2.45) is 0 Å². The zero-order valence-corrected chi connectivity index (χ0v) is 10.8. The number of nitrogens with two attached hydrogens (primary N) is 1. The molecule has 1 heterocycles. The fraction of sp³-hybridized carbons (Fsp3) is 0.182. The van der Waals surface area contributed by atoms with Gasteiger partial charge in [-0.3, -0.25) is 0 Å². The van der Waals surface area contributed by atoms with Crippen LogP contribution in [-0.4, -0.2) is 9.97 Å². The van der Waals surface area contributed by atoms with Gasteiger partial charge in [0.25, 0.3) is 0 Å². The number of imidazole rings is 1. The molecule has 0 aliphatic heterocycles. The smallest absolute Gasteiger partial charge is 0.199 e. The maximum absolute atomic E-state index is 5.91. The van der Waals surface area contributed by atoms with E-state index in [1.165, 1.54) is 5.56 Å². The number of hydrogen-bond donors (Lipinski definition) is 2. The highest BCUT2D eigenvalue weighted by atomic mass is 79.9. The third kappa shape index (κ3) is 2.77. The second-order valence-corrected chi connectivity index (χ2v) is 4.80. The molecule has 2 rings (SSSR count). The topological polar surface area (TPSA) is 54.7 Å². The second-order valence-electron chi connectivity index (χ2n) is 3.52. The molecule has 3 nitrogen and oxygen atoms in total. The molecule has 0 fully saturated rings. The van der Waals surface area contributed by atoms with E-state index in [2.05, 4.69) is 38.0 Å². The van der Waals surface area contributed by atoms with Gasteiger partial charge in [-0.25, -0.2) is 4.98 Å². The number of anilines is 1. The summed E-state index contributed by atoms with van der Waals surface area (Å²) in [4.78, 5) is 6.87. The lowest BCUT2D eigenvalue weighted by Crippen LogP contribution is -1.93. The number of hydrogen-bond acceptors (Lipinski definition) is 2. The number of rotatable bonds is 3. The second kappa shape index (κ2) is 4.89. The Balaban J connectivity index is 2.05. The van der Waals surface area contributed by atoms with Gasteiger partial charge in [-0.1, -0.05) is 39.7 Å². The molecule has 1 aromatic carbocycles. The number of nitrogen functional groups attached to an aromatic ring is 1. The predicted molar refractivity (Wildman–Crippen MR) is 69.6 cm³/mol. The van der Waals surface area contributed by atoms with Gasteiger partial charge >= 0.3 is 0 Å². The van der Waals surface area contributed by atoms with E-state index >= 15 is 0 Å². The number of benzene rings is 1. The molecule has 5 heteroatoms. The van der Waals surface area contributed by atoms with Crippen LogP contribution in [0.2, 0.25) is 5.15 Å². The minimum Gasteiger partial charge on any atom is -0.369 e. The van der Waals surface area contributed by atoms with Crippen molar-refractivity contribution in [1.82, 2.24) is 9.97 Å². The molecule has 0 saturated heterocycles. The van der Waals surface area contributed by atoms with Gasteiger partial charge in [-0.2, -0.15) is 0 Å². The Labute approximate surface area is 107 Å². The third-order valence-electron chi connectivity index (χ3n) is 2.30. The van der Waals surface area contributed by atoms with Crippen LogP contribution < -0.4 is 5.73 Å². The lowest BCUT2D eigenvalue weighted by Gasteiger charge is -2.01. The standard InChI is InChI=1S/C11H11BrClN3/c12-8-3-1-2-7(6-8)4-5-9-10(13)16-11(14)15-9/h1-3,6H,4-5H2,(H3,14,15,16). The first-order valence-corrected chi connectivity index (χ1v) is 6.06. The van der Waals surface area contributed by atoms with Gasteiger partial charge in [0, 0.05) is 4.47 Å². The molecule has 0 aliphatic carbocycles. The van der Waals surface area contributed by atoms with E-state index in [0.29, 0.717) is 11.1 Å². The van der Waals surface area contributed by atoms with Crippen LogP contribution in [0.1, 0.15) is 11.3 Å². The summed E-state index contributed by atoms with van der Waals surface area (Å²) in [7, 11) is 0. The number of aromatic amines is 1.